The van der Waals surface area contributed by atoms with Crippen LogP contribution in [0.4, 0.5) is 5.82 Å². The van der Waals surface area contributed by atoms with Gasteiger partial charge < -0.3 is 9.64 Å². The lowest BCUT2D eigenvalue weighted by Crippen LogP contribution is -2.37. The average molecular weight is 272 g/mol. The zero-order valence-electron chi connectivity index (χ0n) is 12.2. The van der Waals surface area contributed by atoms with E-state index in [2.05, 4.69) is 42.9 Å². The minimum absolute atomic E-state index is 0.0551. The minimum atomic E-state index is -0.0551. The molecule has 0 saturated carbocycles. The van der Waals surface area contributed by atoms with Crippen LogP contribution in [0.15, 0.2) is 18.3 Å². The van der Waals surface area contributed by atoms with E-state index in [1.54, 1.807) is 0 Å². The Balaban J connectivity index is 1.78. The quantitative estimate of drug-likeness (QED) is 0.798. The highest BCUT2D eigenvalue weighted by Gasteiger charge is 2.39. The SMILES string of the molecule is CC(C)(C)n1ncc2ccc(N3CC4CC3CO4)nc21. The number of nitrogens with zero attached hydrogens (tertiary/aromatic N) is 4. The summed E-state index contributed by atoms with van der Waals surface area (Å²) in [4.78, 5) is 7.26. The Morgan fingerprint density at radius 3 is 2.80 bits per heavy atom. The fourth-order valence-corrected chi connectivity index (χ4v) is 3.23. The zero-order valence-corrected chi connectivity index (χ0v) is 12.2. The number of hydrogen-bond acceptors (Lipinski definition) is 4. The first-order valence-electron chi connectivity index (χ1n) is 7.26. The van der Waals surface area contributed by atoms with Crippen LogP contribution in [0.5, 0.6) is 0 Å². The predicted octanol–water partition coefficient (Wildman–Crippen LogP) is 2.16. The molecule has 0 aliphatic carbocycles. The third-order valence-corrected chi connectivity index (χ3v) is 4.23. The largest absolute Gasteiger partial charge is 0.374 e. The lowest BCUT2D eigenvalue weighted by atomic mass is 10.1. The molecule has 106 valence electrons. The molecule has 20 heavy (non-hydrogen) atoms. The van der Waals surface area contributed by atoms with E-state index >= 15 is 0 Å². The van der Waals surface area contributed by atoms with E-state index in [1.165, 1.54) is 0 Å². The molecule has 4 rings (SSSR count). The monoisotopic (exact) mass is 272 g/mol. The highest BCUT2D eigenvalue weighted by molar-refractivity contribution is 5.77. The van der Waals surface area contributed by atoms with Gasteiger partial charge in [0.2, 0.25) is 0 Å². The third kappa shape index (κ3) is 1.73. The van der Waals surface area contributed by atoms with E-state index < -0.39 is 0 Å². The minimum Gasteiger partial charge on any atom is -0.374 e. The molecular formula is C15H20N4O. The van der Waals surface area contributed by atoms with Crippen molar-refractivity contribution >= 4 is 16.9 Å². The second-order valence-corrected chi connectivity index (χ2v) is 6.81. The molecule has 2 aromatic rings. The third-order valence-electron chi connectivity index (χ3n) is 4.23. The van der Waals surface area contributed by atoms with Crippen molar-refractivity contribution in [3.05, 3.63) is 18.3 Å². The molecule has 2 unspecified atom stereocenters. The van der Waals surface area contributed by atoms with E-state index in [9.17, 15) is 0 Å². The first-order chi connectivity index (χ1) is 9.52. The van der Waals surface area contributed by atoms with Gasteiger partial charge >= 0.3 is 0 Å². The Hall–Kier alpha value is -1.62. The van der Waals surface area contributed by atoms with Gasteiger partial charge in [0.05, 0.1) is 30.5 Å². The summed E-state index contributed by atoms with van der Waals surface area (Å²) in [5.41, 5.74) is 0.916. The van der Waals surface area contributed by atoms with E-state index in [0.29, 0.717) is 12.1 Å². The van der Waals surface area contributed by atoms with Gasteiger partial charge in [-0.3, -0.25) is 0 Å². The average Bonchev–Trinajstić information content (AvgIpc) is 3.11. The van der Waals surface area contributed by atoms with Crippen LogP contribution < -0.4 is 4.90 Å². The van der Waals surface area contributed by atoms with E-state index in [0.717, 1.165) is 36.4 Å². The molecule has 2 bridgehead atoms. The maximum Gasteiger partial charge on any atom is 0.160 e. The summed E-state index contributed by atoms with van der Waals surface area (Å²) in [7, 11) is 0. The van der Waals surface area contributed by atoms with Crippen LogP contribution in [0.3, 0.4) is 0 Å². The summed E-state index contributed by atoms with van der Waals surface area (Å²) >= 11 is 0. The predicted molar refractivity (Wildman–Crippen MR) is 78.0 cm³/mol. The van der Waals surface area contributed by atoms with Crippen LogP contribution in [-0.4, -0.2) is 40.1 Å². The van der Waals surface area contributed by atoms with Gasteiger partial charge in [0.15, 0.2) is 5.65 Å². The van der Waals surface area contributed by atoms with Gasteiger partial charge in [-0.05, 0) is 39.3 Å². The van der Waals surface area contributed by atoms with Gasteiger partial charge in [-0.2, -0.15) is 5.10 Å². The standard InChI is InChI=1S/C15H20N4O/c1-15(2,3)19-14-10(7-16-19)4-5-13(17-14)18-8-12-6-11(18)9-20-12/h4-5,7,11-12H,6,8-9H2,1-3H3. The molecule has 0 spiro atoms. The van der Waals surface area contributed by atoms with Crippen molar-refractivity contribution in [2.75, 3.05) is 18.1 Å². The topological polar surface area (TPSA) is 43.2 Å². The molecule has 0 amide bonds. The van der Waals surface area contributed by atoms with Crippen molar-refractivity contribution in [2.24, 2.45) is 0 Å². The molecular weight excluding hydrogens is 252 g/mol. The molecule has 2 fully saturated rings. The molecule has 0 aromatic carbocycles. The van der Waals surface area contributed by atoms with E-state index in [4.69, 9.17) is 9.72 Å². The molecule has 2 aliphatic heterocycles. The fraction of sp³-hybridized carbons (Fsp3) is 0.600. The maximum absolute atomic E-state index is 5.67. The van der Waals surface area contributed by atoms with Gasteiger partial charge in [-0.1, -0.05) is 0 Å². The van der Waals surface area contributed by atoms with Crippen molar-refractivity contribution in [3.8, 4) is 0 Å². The number of fused-ring (bicyclic) bond motifs is 3. The van der Waals surface area contributed by atoms with Crippen molar-refractivity contribution in [1.29, 1.82) is 0 Å². The van der Waals surface area contributed by atoms with Crippen LogP contribution in [0, 0.1) is 0 Å². The first-order valence-corrected chi connectivity index (χ1v) is 7.26. The Morgan fingerprint density at radius 1 is 1.30 bits per heavy atom. The number of morpholine rings is 1. The van der Waals surface area contributed by atoms with Crippen molar-refractivity contribution in [2.45, 2.75) is 44.9 Å². The maximum atomic E-state index is 5.67. The van der Waals surface area contributed by atoms with Crippen LogP contribution in [0.25, 0.3) is 11.0 Å². The van der Waals surface area contributed by atoms with Crippen LogP contribution >= 0.6 is 0 Å². The van der Waals surface area contributed by atoms with Crippen molar-refractivity contribution in [1.82, 2.24) is 14.8 Å². The summed E-state index contributed by atoms with van der Waals surface area (Å²) in [6, 6.07) is 4.73. The van der Waals surface area contributed by atoms with Crippen molar-refractivity contribution in [3.63, 3.8) is 0 Å². The second-order valence-electron chi connectivity index (χ2n) is 6.81. The summed E-state index contributed by atoms with van der Waals surface area (Å²) in [5, 5.41) is 5.59. The highest BCUT2D eigenvalue weighted by Crippen LogP contribution is 2.32. The Bertz CT molecular complexity index is 657. The zero-order chi connectivity index (χ0) is 13.9. The van der Waals surface area contributed by atoms with Crippen LogP contribution in [-0.2, 0) is 10.3 Å². The molecule has 2 saturated heterocycles. The number of rotatable bonds is 1. The summed E-state index contributed by atoms with van der Waals surface area (Å²) in [6.07, 6.45) is 3.43. The van der Waals surface area contributed by atoms with Gasteiger partial charge in [0, 0.05) is 11.9 Å². The first kappa shape index (κ1) is 12.1. The number of ether oxygens (including phenoxy) is 1. The number of hydrogen-bond donors (Lipinski definition) is 0. The molecule has 2 atom stereocenters. The molecule has 0 radical (unpaired) electrons. The molecule has 5 nitrogen and oxygen atoms in total. The number of aromatic nitrogens is 3. The number of anilines is 1. The summed E-state index contributed by atoms with van der Waals surface area (Å²) in [5.74, 6) is 1.05. The molecule has 2 aliphatic rings. The second kappa shape index (κ2) is 3.95. The van der Waals surface area contributed by atoms with Gasteiger partial charge in [-0.15, -0.1) is 0 Å². The lowest BCUT2D eigenvalue weighted by Gasteiger charge is -2.28. The summed E-state index contributed by atoms with van der Waals surface area (Å²) in [6.45, 7) is 8.26. The lowest BCUT2D eigenvalue weighted by molar-refractivity contribution is 0.0989. The highest BCUT2D eigenvalue weighted by atomic mass is 16.5. The summed E-state index contributed by atoms with van der Waals surface area (Å²) < 4.78 is 7.68. The van der Waals surface area contributed by atoms with Gasteiger partial charge in [-0.25, -0.2) is 9.67 Å². The van der Waals surface area contributed by atoms with Crippen LogP contribution in [0.1, 0.15) is 27.2 Å². The smallest absolute Gasteiger partial charge is 0.160 e. The molecule has 4 heterocycles. The Kier molecular flexibility index (Phi) is 2.40. The van der Waals surface area contributed by atoms with Crippen LogP contribution in [0.2, 0.25) is 0 Å². The van der Waals surface area contributed by atoms with E-state index in [-0.39, 0.29) is 5.54 Å². The van der Waals surface area contributed by atoms with E-state index in [1.807, 2.05) is 10.9 Å². The Labute approximate surface area is 118 Å². The molecule has 2 aromatic heterocycles. The van der Waals surface area contributed by atoms with Gasteiger partial charge in [0.25, 0.3) is 0 Å². The molecule has 0 N–H and O–H groups in total. The number of pyridine rings is 1. The Morgan fingerprint density at radius 2 is 2.15 bits per heavy atom. The van der Waals surface area contributed by atoms with Gasteiger partial charge in [0.1, 0.15) is 5.82 Å². The normalized spacial score (nSPS) is 25.9. The molecule has 5 heteroatoms. The van der Waals surface area contributed by atoms with Crippen molar-refractivity contribution < 1.29 is 4.74 Å². The fourth-order valence-electron chi connectivity index (χ4n) is 3.23.